The number of allylic oxidation sites excluding steroid dienone is 1. The third-order valence-electron chi connectivity index (χ3n) is 1.69. The molecule has 3 nitrogen and oxygen atoms in total. The van der Waals surface area contributed by atoms with Crippen LogP contribution in [0.2, 0.25) is 0 Å². The van der Waals surface area contributed by atoms with Crippen molar-refractivity contribution in [2.45, 2.75) is 19.8 Å². The number of amides is 1. The quantitative estimate of drug-likeness (QED) is 0.556. The van der Waals surface area contributed by atoms with Gasteiger partial charge in [0.15, 0.2) is 5.78 Å². The van der Waals surface area contributed by atoms with Crippen molar-refractivity contribution in [3.8, 4) is 0 Å². The largest absolute Gasteiger partial charge is 0.319 e. The van der Waals surface area contributed by atoms with E-state index in [9.17, 15) is 9.59 Å². The smallest absolute Gasteiger partial charge is 0.226 e. The van der Waals surface area contributed by atoms with Crippen LogP contribution in [0.5, 0.6) is 0 Å². The van der Waals surface area contributed by atoms with Crippen molar-refractivity contribution < 1.29 is 9.59 Å². The van der Waals surface area contributed by atoms with Crippen LogP contribution in [0.15, 0.2) is 12.3 Å². The fourth-order valence-electron chi connectivity index (χ4n) is 0.995. The van der Waals surface area contributed by atoms with Crippen molar-refractivity contribution in [2.24, 2.45) is 0 Å². The second-order valence-corrected chi connectivity index (χ2v) is 2.46. The van der Waals surface area contributed by atoms with Crippen molar-refractivity contribution >= 4 is 11.7 Å². The van der Waals surface area contributed by atoms with Gasteiger partial charge in [0.2, 0.25) is 5.91 Å². The SMILES string of the molecule is CCN1C=CC(=O)CCC1=O. The summed E-state index contributed by atoms with van der Waals surface area (Å²) in [5.74, 6) is 0.0731. The third-order valence-corrected chi connectivity index (χ3v) is 1.69. The molecule has 0 spiro atoms. The lowest BCUT2D eigenvalue weighted by Crippen LogP contribution is -2.23. The van der Waals surface area contributed by atoms with E-state index in [1.807, 2.05) is 6.92 Å². The predicted octanol–water partition coefficient (Wildman–Crippen LogP) is 0.712. The van der Waals surface area contributed by atoms with Crippen LogP contribution in [-0.2, 0) is 9.59 Å². The molecule has 0 radical (unpaired) electrons. The molecule has 0 unspecified atom stereocenters. The molecule has 0 bridgehead atoms. The van der Waals surface area contributed by atoms with Crippen molar-refractivity contribution in [1.29, 1.82) is 0 Å². The highest BCUT2D eigenvalue weighted by atomic mass is 16.2. The van der Waals surface area contributed by atoms with Crippen LogP contribution in [0.3, 0.4) is 0 Å². The average Bonchev–Trinajstić information content (AvgIpc) is 2.15. The monoisotopic (exact) mass is 153 g/mol. The Morgan fingerprint density at radius 1 is 1.45 bits per heavy atom. The second-order valence-electron chi connectivity index (χ2n) is 2.46. The molecule has 0 aromatic heterocycles. The lowest BCUT2D eigenvalue weighted by Gasteiger charge is -2.12. The lowest BCUT2D eigenvalue weighted by molar-refractivity contribution is -0.129. The highest BCUT2D eigenvalue weighted by Gasteiger charge is 2.13. The van der Waals surface area contributed by atoms with Gasteiger partial charge in [0, 0.05) is 25.6 Å². The summed E-state index contributed by atoms with van der Waals surface area (Å²) in [6.07, 6.45) is 3.73. The number of hydrogen-bond acceptors (Lipinski definition) is 2. The van der Waals surface area contributed by atoms with E-state index in [0.29, 0.717) is 19.4 Å². The molecule has 0 atom stereocenters. The summed E-state index contributed by atoms with van der Waals surface area (Å²) in [6.45, 7) is 2.53. The first kappa shape index (κ1) is 7.98. The molecule has 0 aliphatic carbocycles. The number of carbonyl (C=O) groups is 2. The Hall–Kier alpha value is -1.12. The van der Waals surface area contributed by atoms with Gasteiger partial charge < -0.3 is 4.90 Å². The summed E-state index contributed by atoms with van der Waals surface area (Å²) in [7, 11) is 0. The maximum atomic E-state index is 11.1. The van der Waals surface area contributed by atoms with E-state index in [2.05, 4.69) is 0 Å². The van der Waals surface area contributed by atoms with Gasteiger partial charge >= 0.3 is 0 Å². The minimum atomic E-state index is 0.0364. The number of carbonyl (C=O) groups excluding carboxylic acids is 2. The number of ketones is 1. The highest BCUT2D eigenvalue weighted by Crippen LogP contribution is 2.05. The maximum Gasteiger partial charge on any atom is 0.226 e. The van der Waals surface area contributed by atoms with Crippen molar-refractivity contribution in [1.82, 2.24) is 4.90 Å². The van der Waals surface area contributed by atoms with Gasteiger partial charge in [-0.05, 0) is 13.0 Å². The fourth-order valence-corrected chi connectivity index (χ4v) is 0.995. The average molecular weight is 153 g/mol. The molecule has 0 fully saturated rings. The molecule has 0 aromatic carbocycles. The van der Waals surface area contributed by atoms with Crippen molar-refractivity contribution in [3.63, 3.8) is 0 Å². The summed E-state index contributed by atoms with van der Waals surface area (Å²) < 4.78 is 0. The zero-order valence-electron chi connectivity index (χ0n) is 6.54. The Kier molecular flexibility index (Phi) is 2.41. The molecule has 0 saturated carbocycles. The molecular weight excluding hydrogens is 142 g/mol. The Morgan fingerprint density at radius 3 is 2.82 bits per heavy atom. The first-order valence-corrected chi connectivity index (χ1v) is 3.74. The van der Waals surface area contributed by atoms with Crippen LogP contribution < -0.4 is 0 Å². The summed E-state index contributed by atoms with van der Waals surface area (Å²) in [6, 6.07) is 0. The first-order chi connectivity index (χ1) is 5.24. The van der Waals surface area contributed by atoms with Crippen LogP contribution in [0.4, 0.5) is 0 Å². The third kappa shape index (κ3) is 1.90. The van der Waals surface area contributed by atoms with E-state index >= 15 is 0 Å². The van der Waals surface area contributed by atoms with Crippen LogP contribution >= 0.6 is 0 Å². The molecule has 0 saturated heterocycles. The molecule has 1 heterocycles. The molecule has 11 heavy (non-hydrogen) atoms. The van der Waals surface area contributed by atoms with Gasteiger partial charge in [0.1, 0.15) is 0 Å². The highest BCUT2D eigenvalue weighted by molar-refractivity contribution is 5.94. The normalized spacial score (nSPS) is 18.8. The van der Waals surface area contributed by atoms with E-state index in [-0.39, 0.29) is 11.7 Å². The van der Waals surface area contributed by atoms with Gasteiger partial charge in [0.25, 0.3) is 0 Å². The minimum Gasteiger partial charge on any atom is -0.319 e. The predicted molar refractivity (Wildman–Crippen MR) is 40.8 cm³/mol. The zero-order chi connectivity index (χ0) is 8.27. The zero-order valence-corrected chi connectivity index (χ0v) is 6.54. The molecule has 1 amide bonds. The molecule has 0 N–H and O–H groups in total. The van der Waals surface area contributed by atoms with Gasteiger partial charge in [-0.15, -0.1) is 0 Å². The van der Waals surface area contributed by atoms with Crippen LogP contribution in [0.25, 0.3) is 0 Å². The standard InChI is InChI=1S/C8H11NO2/c1-2-9-6-5-7(10)3-4-8(9)11/h5-6H,2-4H2,1H3. The molecule has 1 aliphatic heterocycles. The van der Waals surface area contributed by atoms with Gasteiger partial charge in [-0.2, -0.15) is 0 Å². The van der Waals surface area contributed by atoms with E-state index in [1.54, 1.807) is 11.1 Å². The van der Waals surface area contributed by atoms with E-state index in [1.165, 1.54) is 6.08 Å². The molecule has 3 heteroatoms. The van der Waals surface area contributed by atoms with Crippen molar-refractivity contribution in [3.05, 3.63) is 12.3 Å². The number of hydrogen-bond donors (Lipinski definition) is 0. The lowest BCUT2D eigenvalue weighted by atomic mass is 10.2. The maximum absolute atomic E-state index is 11.1. The number of rotatable bonds is 1. The topological polar surface area (TPSA) is 37.4 Å². The summed E-state index contributed by atoms with van der Waals surface area (Å²) in [5, 5.41) is 0. The molecule has 0 aromatic rings. The van der Waals surface area contributed by atoms with Gasteiger partial charge in [0.05, 0.1) is 0 Å². The van der Waals surface area contributed by atoms with Crippen LogP contribution in [0, 0.1) is 0 Å². The van der Waals surface area contributed by atoms with Gasteiger partial charge in [-0.25, -0.2) is 0 Å². The van der Waals surface area contributed by atoms with Gasteiger partial charge in [-0.3, -0.25) is 9.59 Å². The Bertz CT molecular complexity index is 208. The fraction of sp³-hybridized carbons (Fsp3) is 0.500. The molecular formula is C8H11NO2. The Morgan fingerprint density at radius 2 is 2.18 bits per heavy atom. The Labute approximate surface area is 65.7 Å². The van der Waals surface area contributed by atoms with Crippen LogP contribution in [-0.4, -0.2) is 23.1 Å². The Balaban J connectivity index is 2.70. The summed E-state index contributed by atoms with van der Waals surface area (Å²) in [4.78, 5) is 23.5. The van der Waals surface area contributed by atoms with Crippen molar-refractivity contribution in [2.75, 3.05) is 6.54 Å². The molecule has 1 aliphatic rings. The molecule has 1 rings (SSSR count). The van der Waals surface area contributed by atoms with Gasteiger partial charge in [-0.1, -0.05) is 0 Å². The van der Waals surface area contributed by atoms with Crippen LogP contribution in [0.1, 0.15) is 19.8 Å². The number of nitrogens with zero attached hydrogens (tertiary/aromatic N) is 1. The second kappa shape index (κ2) is 3.32. The van der Waals surface area contributed by atoms with E-state index in [0.717, 1.165) is 0 Å². The molecule has 60 valence electrons. The van der Waals surface area contributed by atoms with E-state index < -0.39 is 0 Å². The van der Waals surface area contributed by atoms with E-state index in [4.69, 9.17) is 0 Å². The summed E-state index contributed by atoms with van der Waals surface area (Å²) >= 11 is 0. The minimum absolute atomic E-state index is 0.0364. The summed E-state index contributed by atoms with van der Waals surface area (Å²) in [5.41, 5.74) is 0. The first-order valence-electron chi connectivity index (χ1n) is 3.74.